The van der Waals surface area contributed by atoms with Gasteiger partial charge in [0.1, 0.15) is 11.3 Å². The number of pyridine rings is 1. The Balaban J connectivity index is 2.05. The highest BCUT2D eigenvalue weighted by Crippen LogP contribution is 2.24. The van der Waals surface area contributed by atoms with Crippen LogP contribution in [0.3, 0.4) is 0 Å². The van der Waals surface area contributed by atoms with E-state index in [0.717, 1.165) is 5.56 Å². The largest absolute Gasteiger partial charge is 0.465 e. The molecule has 0 atom stereocenters. The molecule has 2 aliphatic heterocycles. The van der Waals surface area contributed by atoms with Gasteiger partial charge in [-0.3, -0.25) is 9.47 Å². The molecule has 3 heterocycles. The van der Waals surface area contributed by atoms with Crippen LogP contribution >= 0.6 is 0 Å². The molecule has 0 bridgehead atoms. The van der Waals surface area contributed by atoms with Crippen molar-refractivity contribution in [3.05, 3.63) is 69.8 Å². The van der Waals surface area contributed by atoms with Crippen LogP contribution in [0, 0.1) is 6.92 Å². The Labute approximate surface area is 172 Å². The van der Waals surface area contributed by atoms with Gasteiger partial charge in [0.25, 0.3) is 5.56 Å². The number of methoxy groups -OCH3 is 1. The molecule has 0 aliphatic carbocycles. The lowest BCUT2D eigenvalue weighted by atomic mass is 10.1. The molecular formula is C21H22N6O3. The fraction of sp³-hybridized carbons (Fsp3) is 0.286. The van der Waals surface area contributed by atoms with E-state index in [1.54, 1.807) is 21.7 Å². The number of para-hydroxylation sites is 1. The lowest BCUT2D eigenvalue weighted by Crippen LogP contribution is -2.20. The maximum absolute atomic E-state index is 13.3. The fourth-order valence-corrected chi connectivity index (χ4v) is 3.49. The maximum Gasteiger partial charge on any atom is 0.341 e. The maximum atomic E-state index is 13.3. The summed E-state index contributed by atoms with van der Waals surface area (Å²) in [5.74, 6) is 0.851. The number of rotatable bonds is 5. The molecular weight excluding hydrogens is 384 g/mol. The second-order valence-electron chi connectivity index (χ2n) is 6.86. The van der Waals surface area contributed by atoms with Crippen LogP contribution in [0.1, 0.15) is 41.4 Å². The van der Waals surface area contributed by atoms with Gasteiger partial charge in [-0.1, -0.05) is 32.0 Å². The van der Waals surface area contributed by atoms with Crippen molar-refractivity contribution in [1.82, 2.24) is 29.3 Å². The molecule has 0 N–H and O–H groups in total. The van der Waals surface area contributed by atoms with E-state index in [2.05, 4.69) is 15.3 Å². The van der Waals surface area contributed by atoms with Gasteiger partial charge in [0, 0.05) is 25.2 Å². The number of aryl methyl sites for hydroxylation is 3. The van der Waals surface area contributed by atoms with Gasteiger partial charge in [-0.2, -0.15) is 9.78 Å². The summed E-state index contributed by atoms with van der Waals surface area (Å²) in [6, 6.07) is 7.46. The standard InChI is InChI=1S/C21H22N6O3/c1-5-17-22-23-18(6-2)27(17)25-11-14-19(15(12-25)21(29)30-4)24-26(20(14)28)16-10-8-7-9-13(16)3/h7-12H,5-6H2,1-4H3. The first-order valence-corrected chi connectivity index (χ1v) is 9.73. The number of benzene rings is 1. The average molecular weight is 406 g/mol. The van der Waals surface area contributed by atoms with Gasteiger partial charge in [0.2, 0.25) is 0 Å². The zero-order valence-corrected chi connectivity index (χ0v) is 17.3. The van der Waals surface area contributed by atoms with Gasteiger partial charge in [0.05, 0.1) is 18.4 Å². The fourth-order valence-electron chi connectivity index (χ4n) is 3.49. The summed E-state index contributed by atoms with van der Waals surface area (Å²) in [4.78, 5) is 25.8. The Morgan fingerprint density at radius 3 is 2.33 bits per heavy atom. The average Bonchev–Trinajstić information content (AvgIpc) is 3.33. The molecule has 0 saturated carbocycles. The van der Waals surface area contributed by atoms with E-state index in [9.17, 15) is 9.59 Å². The van der Waals surface area contributed by atoms with E-state index >= 15 is 0 Å². The molecule has 1 aromatic heterocycles. The molecule has 1 aromatic carbocycles. The summed E-state index contributed by atoms with van der Waals surface area (Å²) in [5, 5.41) is 12.9. The third-order valence-electron chi connectivity index (χ3n) is 5.04. The van der Waals surface area contributed by atoms with Gasteiger partial charge in [-0.15, -0.1) is 10.2 Å². The van der Waals surface area contributed by atoms with Crippen molar-refractivity contribution in [2.24, 2.45) is 0 Å². The van der Waals surface area contributed by atoms with Crippen molar-refractivity contribution in [1.29, 1.82) is 0 Å². The summed E-state index contributed by atoms with van der Waals surface area (Å²) in [6.45, 7) is 5.84. The van der Waals surface area contributed by atoms with Gasteiger partial charge >= 0.3 is 5.97 Å². The number of esters is 1. The topological polar surface area (TPSA) is 96.8 Å². The monoisotopic (exact) mass is 406 g/mol. The van der Waals surface area contributed by atoms with Crippen LogP contribution in [-0.4, -0.2) is 42.4 Å². The van der Waals surface area contributed by atoms with Crippen LogP contribution in [0.2, 0.25) is 0 Å². The van der Waals surface area contributed by atoms with Gasteiger partial charge in [0.15, 0.2) is 11.6 Å². The molecule has 2 aliphatic rings. The van der Waals surface area contributed by atoms with Crippen molar-refractivity contribution in [3.8, 4) is 16.9 Å². The molecule has 30 heavy (non-hydrogen) atoms. The molecule has 0 radical (unpaired) electrons. The smallest absolute Gasteiger partial charge is 0.341 e. The number of hydrogen-bond donors (Lipinski definition) is 0. The van der Waals surface area contributed by atoms with Gasteiger partial charge in [-0.05, 0) is 18.6 Å². The molecule has 154 valence electrons. The lowest BCUT2D eigenvalue weighted by molar-refractivity contribution is 0.0600. The van der Waals surface area contributed by atoms with E-state index in [-0.39, 0.29) is 16.8 Å². The molecule has 0 unspecified atom stereocenters. The number of carbonyl (C=O) groups is 1. The number of fused-ring (bicyclic) bond motifs is 1. The van der Waals surface area contributed by atoms with Crippen LogP contribution in [0.4, 0.5) is 0 Å². The normalized spacial score (nSPS) is 11.2. The minimum atomic E-state index is -0.576. The summed E-state index contributed by atoms with van der Waals surface area (Å²) in [5.41, 5.74) is 2.03. The highest BCUT2D eigenvalue weighted by atomic mass is 16.5. The Morgan fingerprint density at radius 1 is 1.07 bits per heavy atom. The zero-order valence-electron chi connectivity index (χ0n) is 17.3. The predicted octanol–water partition coefficient (Wildman–Crippen LogP) is 2.26. The van der Waals surface area contributed by atoms with Crippen LogP contribution in [0.5, 0.6) is 0 Å². The highest BCUT2D eigenvalue weighted by molar-refractivity contribution is 5.96. The first-order valence-electron chi connectivity index (χ1n) is 9.73. The minimum Gasteiger partial charge on any atom is -0.465 e. The second kappa shape index (κ2) is 7.58. The number of carbonyl (C=O) groups excluding carboxylic acids is 1. The van der Waals surface area contributed by atoms with E-state index < -0.39 is 5.97 Å². The highest BCUT2D eigenvalue weighted by Gasteiger charge is 2.26. The van der Waals surface area contributed by atoms with Crippen molar-refractivity contribution >= 4 is 5.97 Å². The Morgan fingerprint density at radius 2 is 1.73 bits per heavy atom. The molecule has 0 fully saturated rings. The Kier molecular flexibility index (Phi) is 4.94. The lowest BCUT2D eigenvalue weighted by Gasteiger charge is -2.15. The number of ether oxygens (including phenoxy) is 1. The molecule has 9 nitrogen and oxygen atoms in total. The molecule has 0 spiro atoms. The molecule has 4 rings (SSSR count). The van der Waals surface area contributed by atoms with Crippen LogP contribution in [-0.2, 0) is 17.6 Å². The van der Waals surface area contributed by atoms with Crippen LogP contribution < -0.4 is 5.56 Å². The van der Waals surface area contributed by atoms with Crippen molar-refractivity contribution in [2.75, 3.05) is 7.11 Å². The third kappa shape index (κ3) is 2.99. The summed E-state index contributed by atoms with van der Waals surface area (Å²) in [6.07, 6.45) is 4.54. The van der Waals surface area contributed by atoms with Crippen LogP contribution in [0.15, 0.2) is 41.5 Å². The van der Waals surface area contributed by atoms with E-state index in [4.69, 9.17) is 4.74 Å². The number of nitrogens with zero attached hydrogens (tertiary/aromatic N) is 6. The predicted molar refractivity (Wildman–Crippen MR) is 110 cm³/mol. The van der Waals surface area contributed by atoms with Crippen molar-refractivity contribution in [3.63, 3.8) is 0 Å². The second-order valence-corrected chi connectivity index (χ2v) is 6.86. The number of aromatic nitrogens is 6. The Hall–Kier alpha value is -3.75. The molecule has 0 amide bonds. The minimum absolute atomic E-state index is 0.192. The van der Waals surface area contributed by atoms with E-state index in [1.165, 1.54) is 11.8 Å². The van der Waals surface area contributed by atoms with Gasteiger partial charge in [-0.25, -0.2) is 9.47 Å². The van der Waals surface area contributed by atoms with Crippen molar-refractivity contribution < 1.29 is 9.53 Å². The Bertz CT molecular complexity index is 1240. The molecule has 9 heteroatoms. The quantitative estimate of drug-likeness (QED) is 0.472. The zero-order chi connectivity index (χ0) is 21.4. The third-order valence-corrected chi connectivity index (χ3v) is 5.04. The van der Waals surface area contributed by atoms with Crippen LogP contribution in [0.25, 0.3) is 16.9 Å². The molecule has 2 aromatic rings. The first kappa shape index (κ1) is 19.6. The number of hydrogen-bond acceptors (Lipinski definition) is 6. The molecule has 0 saturated heterocycles. The van der Waals surface area contributed by atoms with E-state index in [1.807, 2.05) is 45.0 Å². The summed E-state index contributed by atoms with van der Waals surface area (Å²) >= 11 is 0. The van der Waals surface area contributed by atoms with Gasteiger partial charge < -0.3 is 4.74 Å². The summed E-state index contributed by atoms with van der Waals surface area (Å²) < 4.78 is 9.75. The summed E-state index contributed by atoms with van der Waals surface area (Å²) in [7, 11) is 1.30. The first-order chi connectivity index (χ1) is 14.5. The van der Waals surface area contributed by atoms with E-state index in [0.29, 0.717) is 35.7 Å². The SMILES string of the molecule is CCc1nnc(CC)n1-n1cc(C(=O)OC)c2nn(-c3ccccc3C)c(=O)c-2c1. The van der Waals surface area contributed by atoms with Crippen molar-refractivity contribution in [2.45, 2.75) is 33.6 Å².